The van der Waals surface area contributed by atoms with Crippen molar-refractivity contribution in [1.82, 2.24) is 10.6 Å². The third kappa shape index (κ3) is 2.67. The molecule has 102 valence electrons. The van der Waals surface area contributed by atoms with Crippen LogP contribution in [0.2, 0.25) is 0 Å². The van der Waals surface area contributed by atoms with E-state index in [4.69, 9.17) is 0 Å². The zero-order chi connectivity index (χ0) is 14.2. The van der Waals surface area contributed by atoms with Gasteiger partial charge in [0.2, 0.25) is 0 Å². The number of halogens is 4. The monoisotopic (exact) mass is 275 g/mol. The maximum absolute atomic E-state index is 13.2. The third-order valence-corrected chi connectivity index (χ3v) is 2.59. The molecule has 1 heterocycles. The minimum absolute atomic E-state index is 0.108. The van der Waals surface area contributed by atoms with Gasteiger partial charge in [-0.25, -0.2) is 4.39 Å². The SMILES string of the molecule is CN=C1NC(=O)C(c2cc(F)cc(C(F)(F)F)c2)N1. The van der Waals surface area contributed by atoms with Crippen LogP contribution in [0.4, 0.5) is 17.6 Å². The number of guanidine groups is 1. The number of nitrogens with one attached hydrogen (secondary N) is 2. The second-order valence-electron chi connectivity index (χ2n) is 3.91. The molecule has 4 nitrogen and oxygen atoms in total. The molecule has 19 heavy (non-hydrogen) atoms. The van der Waals surface area contributed by atoms with Gasteiger partial charge in [-0.1, -0.05) is 0 Å². The maximum atomic E-state index is 13.2. The summed E-state index contributed by atoms with van der Waals surface area (Å²) in [4.78, 5) is 15.2. The first-order valence-electron chi connectivity index (χ1n) is 5.23. The number of amides is 1. The van der Waals surface area contributed by atoms with E-state index in [0.717, 1.165) is 12.1 Å². The van der Waals surface area contributed by atoms with Crippen molar-refractivity contribution < 1.29 is 22.4 Å². The molecule has 0 aromatic heterocycles. The topological polar surface area (TPSA) is 53.5 Å². The van der Waals surface area contributed by atoms with Gasteiger partial charge in [-0.2, -0.15) is 13.2 Å². The molecule has 1 atom stereocenters. The highest BCUT2D eigenvalue weighted by molar-refractivity contribution is 6.06. The number of rotatable bonds is 1. The van der Waals surface area contributed by atoms with E-state index in [9.17, 15) is 22.4 Å². The fourth-order valence-electron chi connectivity index (χ4n) is 1.73. The zero-order valence-corrected chi connectivity index (χ0v) is 9.68. The van der Waals surface area contributed by atoms with Gasteiger partial charge in [-0.3, -0.25) is 15.1 Å². The quantitative estimate of drug-likeness (QED) is 0.765. The Hall–Kier alpha value is -2.12. The van der Waals surface area contributed by atoms with E-state index in [1.54, 1.807) is 0 Å². The first-order valence-corrected chi connectivity index (χ1v) is 5.23. The first kappa shape index (κ1) is 13.3. The Kier molecular flexibility index (Phi) is 3.17. The highest BCUT2D eigenvalue weighted by Gasteiger charge is 2.35. The molecule has 1 aliphatic rings. The van der Waals surface area contributed by atoms with Gasteiger partial charge in [0.25, 0.3) is 5.91 Å². The van der Waals surface area contributed by atoms with Gasteiger partial charge < -0.3 is 5.32 Å². The number of benzene rings is 1. The van der Waals surface area contributed by atoms with Crippen LogP contribution in [0.3, 0.4) is 0 Å². The Balaban J connectivity index is 2.41. The third-order valence-electron chi connectivity index (χ3n) is 2.59. The zero-order valence-electron chi connectivity index (χ0n) is 9.68. The molecule has 1 saturated heterocycles. The highest BCUT2D eigenvalue weighted by atomic mass is 19.4. The van der Waals surface area contributed by atoms with Crippen molar-refractivity contribution >= 4 is 11.9 Å². The minimum atomic E-state index is -4.67. The first-order chi connectivity index (χ1) is 8.81. The van der Waals surface area contributed by atoms with Gasteiger partial charge in [-0.15, -0.1) is 0 Å². The van der Waals surface area contributed by atoms with E-state index in [-0.39, 0.29) is 11.5 Å². The summed E-state index contributed by atoms with van der Waals surface area (Å²) in [6.07, 6.45) is -4.67. The fraction of sp³-hybridized carbons (Fsp3) is 0.273. The lowest BCUT2D eigenvalue weighted by atomic mass is 10.0. The molecule has 1 aromatic rings. The summed E-state index contributed by atoms with van der Waals surface area (Å²) >= 11 is 0. The van der Waals surface area contributed by atoms with Gasteiger partial charge in [0.15, 0.2) is 5.96 Å². The molecule has 8 heteroatoms. The van der Waals surface area contributed by atoms with Crippen molar-refractivity contribution in [2.75, 3.05) is 7.05 Å². The van der Waals surface area contributed by atoms with E-state index in [2.05, 4.69) is 15.6 Å². The number of nitrogens with zero attached hydrogens (tertiary/aromatic N) is 1. The van der Waals surface area contributed by atoms with Gasteiger partial charge in [-0.05, 0) is 23.8 Å². The largest absolute Gasteiger partial charge is 0.416 e. The summed E-state index contributed by atoms with van der Waals surface area (Å²) in [6.45, 7) is 0. The summed E-state index contributed by atoms with van der Waals surface area (Å²) in [6, 6.07) is 0.908. The predicted octanol–water partition coefficient (Wildman–Crippen LogP) is 1.59. The van der Waals surface area contributed by atoms with Crippen molar-refractivity contribution in [3.05, 3.63) is 35.1 Å². The standard InChI is InChI=1S/C11H9F4N3O/c1-16-10-17-8(9(19)18-10)5-2-6(11(13,14)15)4-7(12)3-5/h2-4,8H,1H3,(H2,16,17,18,19). The Labute approximate surface area is 105 Å². The van der Waals surface area contributed by atoms with Crippen LogP contribution in [0.15, 0.2) is 23.2 Å². The summed E-state index contributed by atoms with van der Waals surface area (Å²) in [5, 5.41) is 4.89. The lowest BCUT2D eigenvalue weighted by molar-refractivity contribution is -0.138. The number of carbonyl (C=O) groups is 1. The molecule has 0 radical (unpaired) electrons. The van der Waals surface area contributed by atoms with Crippen molar-refractivity contribution in [3.8, 4) is 0 Å². The normalized spacial score (nSPS) is 21.4. The van der Waals surface area contributed by atoms with Crippen LogP contribution in [-0.4, -0.2) is 18.9 Å². The number of carbonyl (C=O) groups excluding carboxylic acids is 1. The summed E-state index contributed by atoms with van der Waals surface area (Å²) in [7, 11) is 1.40. The van der Waals surface area contributed by atoms with Gasteiger partial charge >= 0.3 is 6.18 Å². The van der Waals surface area contributed by atoms with Crippen LogP contribution in [0.1, 0.15) is 17.2 Å². The van der Waals surface area contributed by atoms with Gasteiger partial charge in [0.1, 0.15) is 11.9 Å². The number of aliphatic imine (C=N–C) groups is 1. The average molecular weight is 275 g/mol. The molecule has 0 spiro atoms. The van der Waals surface area contributed by atoms with Crippen molar-refractivity contribution in [3.63, 3.8) is 0 Å². The smallest absolute Gasteiger partial charge is 0.340 e. The molecule has 1 fully saturated rings. The average Bonchev–Trinajstić information content (AvgIpc) is 2.68. The highest BCUT2D eigenvalue weighted by Crippen LogP contribution is 2.32. The van der Waals surface area contributed by atoms with Gasteiger partial charge in [0.05, 0.1) is 5.56 Å². The van der Waals surface area contributed by atoms with Crippen molar-refractivity contribution in [2.45, 2.75) is 12.2 Å². The molecule has 1 aliphatic heterocycles. The molecule has 1 unspecified atom stereocenters. The van der Waals surface area contributed by atoms with E-state index in [1.807, 2.05) is 0 Å². The second-order valence-corrected chi connectivity index (χ2v) is 3.91. The molecule has 0 saturated carbocycles. The van der Waals surface area contributed by atoms with Crippen molar-refractivity contribution in [2.24, 2.45) is 4.99 Å². The van der Waals surface area contributed by atoms with Crippen LogP contribution in [-0.2, 0) is 11.0 Å². The number of hydrogen-bond acceptors (Lipinski definition) is 2. The summed E-state index contributed by atoms with van der Waals surface area (Å²) < 4.78 is 50.9. The molecular weight excluding hydrogens is 266 g/mol. The molecule has 2 rings (SSSR count). The Morgan fingerprint density at radius 2 is 1.95 bits per heavy atom. The van der Waals surface area contributed by atoms with Crippen LogP contribution in [0.5, 0.6) is 0 Å². The van der Waals surface area contributed by atoms with Crippen molar-refractivity contribution in [1.29, 1.82) is 0 Å². The fourth-order valence-corrected chi connectivity index (χ4v) is 1.73. The summed E-state index contributed by atoms with van der Waals surface area (Å²) in [5.41, 5.74) is -1.25. The summed E-state index contributed by atoms with van der Waals surface area (Å²) in [5.74, 6) is -1.51. The van der Waals surface area contributed by atoms with Crippen LogP contribution in [0, 0.1) is 5.82 Å². The lowest BCUT2D eigenvalue weighted by Crippen LogP contribution is -2.24. The van der Waals surface area contributed by atoms with Crippen LogP contribution < -0.4 is 10.6 Å². The minimum Gasteiger partial charge on any atom is -0.340 e. The van der Waals surface area contributed by atoms with E-state index in [0.29, 0.717) is 6.07 Å². The second kappa shape index (κ2) is 4.52. The predicted molar refractivity (Wildman–Crippen MR) is 58.8 cm³/mol. The maximum Gasteiger partial charge on any atom is 0.416 e. The molecule has 1 aromatic carbocycles. The Bertz CT molecular complexity index is 553. The molecular formula is C11H9F4N3O. The molecule has 1 amide bonds. The van der Waals surface area contributed by atoms with Crippen LogP contribution in [0.25, 0.3) is 0 Å². The van der Waals surface area contributed by atoms with Crippen LogP contribution >= 0.6 is 0 Å². The lowest BCUT2D eigenvalue weighted by Gasteiger charge is -2.12. The van der Waals surface area contributed by atoms with E-state index < -0.39 is 29.5 Å². The van der Waals surface area contributed by atoms with E-state index in [1.165, 1.54) is 7.05 Å². The number of hydrogen-bond donors (Lipinski definition) is 2. The van der Waals surface area contributed by atoms with Gasteiger partial charge in [0, 0.05) is 7.05 Å². The number of alkyl halides is 3. The molecule has 0 bridgehead atoms. The Morgan fingerprint density at radius 3 is 2.47 bits per heavy atom. The van der Waals surface area contributed by atoms with E-state index >= 15 is 0 Å². The Morgan fingerprint density at radius 1 is 1.26 bits per heavy atom. The molecule has 0 aliphatic carbocycles. The molecule has 2 N–H and O–H groups in total.